The first kappa shape index (κ1) is 18.3. The van der Waals surface area contributed by atoms with Crippen molar-refractivity contribution < 1.29 is 19.1 Å². The largest absolute Gasteiger partial charge is 0.484 e. The van der Waals surface area contributed by atoms with Crippen molar-refractivity contribution in [1.29, 1.82) is 0 Å². The molecule has 0 aliphatic heterocycles. The molecule has 26 heavy (non-hydrogen) atoms. The summed E-state index contributed by atoms with van der Waals surface area (Å²) in [6, 6.07) is 5.63. The Morgan fingerprint density at radius 1 is 1.42 bits per heavy atom. The minimum atomic E-state index is -0.250. The highest BCUT2D eigenvalue weighted by Gasteiger charge is 2.20. The predicted molar refractivity (Wildman–Crippen MR) is 98.5 cm³/mol. The number of rotatable bonds is 7. The Labute approximate surface area is 155 Å². The number of hydrogen-bond donors (Lipinski definition) is 1. The maximum atomic E-state index is 12.4. The van der Waals surface area contributed by atoms with Gasteiger partial charge < -0.3 is 19.2 Å². The molecule has 0 unspecified atom stereocenters. The lowest BCUT2D eigenvalue weighted by molar-refractivity contribution is 0.0716. The van der Waals surface area contributed by atoms with Crippen molar-refractivity contribution in [3.63, 3.8) is 0 Å². The molecule has 8 heteroatoms. The van der Waals surface area contributed by atoms with E-state index < -0.39 is 0 Å². The van der Waals surface area contributed by atoms with Gasteiger partial charge in [0.05, 0.1) is 15.2 Å². The van der Waals surface area contributed by atoms with Gasteiger partial charge >= 0.3 is 0 Å². The quantitative estimate of drug-likeness (QED) is 0.683. The summed E-state index contributed by atoms with van der Waals surface area (Å²) in [5.41, 5.74) is 1.12. The van der Waals surface area contributed by atoms with Crippen LogP contribution < -0.4 is 4.74 Å². The first-order valence-corrected chi connectivity index (χ1v) is 9.12. The number of hydrogen-bond acceptors (Lipinski definition) is 7. The van der Waals surface area contributed by atoms with Crippen molar-refractivity contribution in [2.45, 2.75) is 32.9 Å². The highest BCUT2D eigenvalue weighted by atomic mass is 32.1. The Bertz CT molecular complexity index is 905. The van der Waals surface area contributed by atoms with E-state index in [4.69, 9.17) is 14.3 Å². The van der Waals surface area contributed by atoms with Crippen molar-refractivity contribution in [2.75, 3.05) is 13.7 Å². The summed E-state index contributed by atoms with van der Waals surface area (Å²) in [5.74, 6) is 0.744. The number of aryl methyl sites for hydroxylation is 1. The van der Waals surface area contributed by atoms with E-state index >= 15 is 0 Å². The van der Waals surface area contributed by atoms with Crippen molar-refractivity contribution in [1.82, 2.24) is 14.9 Å². The number of carbonyl (C=O) groups is 1. The second-order valence-corrected chi connectivity index (χ2v) is 7.29. The van der Waals surface area contributed by atoms with E-state index in [1.165, 1.54) is 11.2 Å². The minimum absolute atomic E-state index is 0.0273. The lowest BCUT2D eigenvalue weighted by Crippen LogP contribution is -2.35. The van der Waals surface area contributed by atoms with Crippen LogP contribution in [0.5, 0.6) is 5.75 Å². The summed E-state index contributed by atoms with van der Waals surface area (Å²) >= 11 is 1.63. The number of aliphatic hydroxyl groups excluding tert-OH is 1. The third-order valence-electron chi connectivity index (χ3n) is 4.13. The highest BCUT2D eigenvalue weighted by molar-refractivity contribution is 7.18. The van der Waals surface area contributed by atoms with Crippen LogP contribution in [-0.4, -0.2) is 45.6 Å². The Morgan fingerprint density at radius 3 is 3.00 bits per heavy atom. The van der Waals surface area contributed by atoms with Crippen molar-refractivity contribution in [3.05, 3.63) is 41.1 Å². The molecule has 0 bridgehead atoms. The second kappa shape index (κ2) is 7.84. The zero-order valence-electron chi connectivity index (χ0n) is 14.9. The number of amides is 1. The Hall–Kier alpha value is -2.45. The third-order valence-corrected chi connectivity index (χ3v) is 5.08. The first-order valence-electron chi connectivity index (χ1n) is 8.30. The molecule has 0 spiro atoms. The molecular weight excluding hydrogens is 354 g/mol. The molecule has 3 aromatic rings. The van der Waals surface area contributed by atoms with Gasteiger partial charge in [0.2, 0.25) is 5.89 Å². The summed E-state index contributed by atoms with van der Waals surface area (Å²) in [5, 5.41) is 10.0. The summed E-state index contributed by atoms with van der Waals surface area (Å²) < 4.78 is 12.2. The number of oxazole rings is 1. The number of nitrogens with zero attached hydrogens (tertiary/aromatic N) is 3. The van der Waals surface area contributed by atoms with E-state index in [2.05, 4.69) is 9.97 Å². The van der Waals surface area contributed by atoms with Gasteiger partial charge in [-0.3, -0.25) is 4.79 Å². The van der Waals surface area contributed by atoms with Gasteiger partial charge in [0.1, 0.15) is 12.0 Å². The Morgan fingerprint density at radius 2 is 2.23 bits per heavy atom. The van der Waals surface area contributed by atoms with E-state index in [0.717, 1.165) is 15.2 Å². The first-order chi connectivity index (χ1) is 12.5. The fourth-order valence-electron chi connectivity index (χ4n) is 2.49. The molecule has 0 saturated heterocycles. The minimum Gasteiger partial charge on any atom is -0.484 e. The lowest BCUT2D eigenvalue weighted by atomic mass is 10.2. The van der Waals surface area contributed by atoms with Crippen LogP contribution in [0.2, 0.25) is 0 Å². The number of fused-ring (bicyclic) bond motifs is 1. The van der Waals surface area contributed by atoms with E-state index in [0.29, 0.717) is 18.1 Å². The molecule has 0 aliphatic carbocycles. The van der Waals surface area contributed by atoms with Gasteiger partial charge in [-0.1, -0.05) is 0 Å². The van der Waals surface area contributed by atoms with Crippen LogP contribution in [0.15, 0.2) is 28.9 Å². The third kappa shape index (κ3) is 4.03. The molecule has 1 aromatic carbocycles. The van der Waals surface area contributed by atoms with Gasteiger partial charge in [0, 0.05) is 25.8 Å². The zero-order valence-corrected chi connectivity index (χ0v) is 15.7. The average molecular weight is 375 g/mol. The van der Waals surface area contributed by atoms with Crippen LogP contribution in [0.4, 0.5) is 0 Å². The SMILES string of the molecule is Cc1nc2cc(OCc3nc(C(=O)N(C)[C@H](C)CCO)co3)ccc2s1. The standard InChI is InChI=1S/C18H21N3O4S/c1-11(6-7-22)21(3)18(23)15-9-25-17(20-15)10-24-13-4-5-16-14(8-13)19-12(2)26-16/h4-5,8-9,11,22H,6-7,10H2,1-3H3/t11-/m1/s1. The van der Waals surface area contributed by atoms with Crippen molar-refractivity contribution in [2.24, 2.45) is 0 Å². The van der Waals surface area contributed by atoms with Gasteiger partial charge in [-0.15, -0.1) is 11.3 Å². The smallest absolute Gasteiger partial charge is 0.275 e. The summed E-state index contributed by atoms with van der Waals surface area (Å²) in [4.78, 5) is 22.5. The van der Waals surface area contributed by atoms with E-state index in [-0.39, 0.29) is 30.9 Å². The Balaban J connectivity index is 1.63. The number of benzene rings is 1. The molecule has 1 amide bonds. The number of thiazole rings is 1. The maximum Gasteiger partial charge on any atom is 0.275 e. The monoisotopic (exact) mass is 375 g/mol. The number of aliphatic hydroxyl groups is 1. The molecule has 7 nitrogen and oxygen atoms in total. The molecule has 1 atom stereocenters. The molecule has 0 saturated carbocycles. The van der Waals surface area contributed by atoms with Gasteiger partial charge in [-0.05, 0) is 32.4 Å². The van der Waals surface area contributed by atoms with Crippen molar-refractivity contribution >= 4 is 27.5 Å². The molecule has 0 fully saturated rings. The fraction of sp³-hybridized carbons (Fsp3) is 0.389. The van der Waals surface area contributed by atoms with Crippen molar-refractivity contribution in [3.8, 4) is 5.75 Å². The molecule has 0 radical (unpaired) electrons. The normalized spacial score (nSPS) is 12.3. The number of aromatic nitrogens is 2. The maximum absolute atomic E-state index is 12.4. The van der Waals surface area contributed by atoms with Crippen LogP contribution >= 0.6 is 11.3 Å². The summed E-state index contributed by atoms with van der Waals surface area (Å²) in [7, 11) is 1.68. The van der Waals surface area contributed by atoms with Gasteiger partial charge in [-0.25, -0.2) is 9.97 Å². The second-order valence-electron chi connectivity index (χ2n) is 6.05. The van der Waals surface area contributed by atoms with E-state index in [1.807, 2.05) is 32.0 Å². The van der Waals surface area contributed by atoms with Crippen LogP contribution in [0.1, 0.15) is 34.7 Å². The van der Waals surface area contributed by atoms with Crippen LogP contribution in [0, 0.1) is 6.92 Å². The average Bonchev–Trinajstić information content (AvgIpc) is 3.23. The molecule has 2 heterocycles. The van der Waals surface area contributed by atoms with E-state index in [9.17, 15) is 4.79 Å². The van der Waals surface area contributed by atoms with Gasteiger partial charge in [-0.2, -0.15) is 0 Å². The molecular formula is C18H21N3O4S. The molecule has 2 aromatic heterocycles. The summed E-state index contributed by atoms with van der Waals surface area (Å²) in [6.45, 7) is 3.99. The molecule has 3 rings (SSSR count). The van der Waals surface area contributed by atoms with Crippen LogP contribution in [0.25, 0.3) is 10.2 Å². The van der Waals surface area contributed by atoms with E-state index in [1.54, 1.807) is 18.4 Å². The van der Waals surface area contributed by atoms with Crippen LogP contribution in [-0.2, 0) is 6.61 Å². The lowest BCUT2D eigenvalue weighted by Gasteiger charge is -2.23. The highest BCUT2D eigenvalue weighted by Crippen LogP contribution is 2.26. The number of ether oxygens (including phenoxy) is 1. The fourth-order valence-corrected chi connectivity index (χ4v) is 3.30. The number of carbonyl (C=O) groups excluding carboxylic acids is 1. The Kier molecular flexibility index (Phi) is 5.53. The molecule has 138 valence electrons. The summed E-state index contributed by atoms with van der Waals surface area (Å²) in [6.07, 6.45) is 1.84. The predicted octanol–water partition coefficient (Wildman–Crippen LogP) is 3.01. The molecule has 1 N–H and O–H groups in total. The molecule has 0 aliphatic rings. The van der Waals surface area contributed by atoms with Gasteiger partial charge in [0.25, 0.3) is 5.91 Å². The van der Waals surface area contributed by atoms with Gasteiger partial charge in [0.15, 0.2) is 12.3 Å². The van der Waals surface area contributed by atoms with Crippen LogP contribution in [0.3, 0.4) is 0 Å². The topological polar surface area (TPSA) is 88.7 Å². The zero-order chi connectivity index (χ0) is 18.7.